The molecule has 200 valence electrons. The zero-order valence-corrected chi connectivity index (χ0v) is 21.6. The summed E-state index contributed by atoms with van der Waals surface area (Å²) < 4.78 is 33.5. The summed E-state index contributed by atoms with van der Waals surface area (Å²) in [7, 11) is 1.56. The minimum Gasteiger partial charge on any atom is -0.480 e. The molecule has 1 aliphatic heterocycles. The van der Waals surface area contributed by atoms with Crippen LogP contribution in [0.4, 0.5) is 14.7 Å². The third-order valence-electron chi connectivity index (χ3n) is 8.00. The molecule has 1 aliphatic carbocycles. The highest BCUT2D eigenvalue weighted by atomic mass is 19.3. The lowest BCUT2D eigenvalue weighted by Gasteiger charge is -2.53. The van der Waals surface area contributed by atoms with E-state index in [2.05, 4.69) is 25.3 Å². The van der Waals surface area contributed by atoms with Gasteiger partial charge in [0, 0.05) is 55.0 Å². The second-order valence-corrected chi connectivity index (χ2v) is 10.5. The molecule has 4 aromatic heterocycles. The van der Waals surface area contributed by atoms with Gasteiger partial charge in [0.25, 0.3) is 6.43 Å². The summed E-state index contributed by atoms with van der Waals surface area (Å²) in [6.07, 6.45) is 5.08. The van der Waals surface area contributed by atoms with Crippen LogP contribution in [0, 0.1) is 12.3 Å². The maximum absolute atomic E-state index is 13.2. The van der Waals surface area contributed by atoms with Crippen LogP contribution in [0.15, 0.2) is 18.5 Å². The van der Waals surface area contributed by atoms with Crippen molar-refractivity contribution in [3.05, 3.63) is 24.3 Å². The molecule has 1 spiro atoms. The third-order valence-corrected chi connectivity index (χ3v) is 8.00. The number of hydrogen-bond donors (Lipinski definition) is 2. The van der Waals surface area contributed by atoms with Gasteiger partial charge in [-0.25, -0.2) is 18.7 Å². The molecule has 2 fully saturated rings. The SMILES string of the molecule is COc1nc(NC2CCC3(CC2)CN(C(C)=O)C3)nc2[nH]cc(-c3cnc4nc(C)n(CC(F)F)c4c3)c12. The minimum atomic E-state index is -2.50. The molecule has 1 saturated heterocycles. The number of anilines is 1. The highest BCUT2D eigenvalue weighted by molar-refractivity contribution is 5.98. The van der Waals surface area contributed by atoms with E-state index >= 15 is 0 Å². The Bertz CT molecular complexity index is 1510. The normalized spacial score (nSPS) is 17.5. The quantitative estimate of drug-likeness (QED) is 0.389. The number of pyridine rings is 1. The Morgan fingerprint density at radius 3 is 2.71 bits per heavy atom. The van der Waals surface area contributed by atoms with Gasteiger partial charge < -0.3 is 24.5 Å². The second kappa shape index (κ2) is 9.17. The van der Waals surface area contributed by atoms with E-state index in [1.54, 1.807) is 33.4 Å². The second-order valence-electron chi connectivity index (χ2n) is 10.5. The maximum atomic E-state index is 13.2. The number of aromatic amines is 1. The molecule has 2 N–H and O–H groups in total. The Labute approximate surface area is 217 Å². The highest BCUT2D eigenvalue weighted by Crippen LogP contribution is 2.44. The average Bonchev–Trinajstić information content (AvgIpc) is 3.42. The minimum absolute atomic E-state index is 0.152. The van der Waals surface area contributed by atoms with Crippen molar-refractivity contribution >= 4 is 34.1 Å². The first-order valence-electron chi connectivity index (χ1n) is 12.8. The predicted octanol–water partition coefficient (Wildman–Crippen LogP) is 4.15. The molecular weight excluding hydrogens is 494 g/mol. The lowest BCUT2D eigenvalue weighted by Crippen LogP contribution is -2.59. The van der Waals surface area contributed by atoms with Crippen LogP contribution in [-0.2, 0) is 11.3 Å². The molecule has 6 rings (SSSR count). The number of fused-ring (bicyclic) bond motifs is 2. The number of carbonyl (C=O) groups excluding carboxylic acids is 1. The number of amides is 1. The smallest absolute Gasteiger partial charge is 0.256 e. The third kappa shape index (κ3) is 4.21. The Morgan fingerprint density at radius 2 is 2.03 bits per heavy atom. The molecule has 0 aromatic carbocycles. The molecule has 0 atom stereocenters. The molecule has 38 heavy (non-hydrogen) atoms. The van der Waals surface area contributed by atoms with Gasteiger partial charge in [-0.3, -0.25) is 4.79 Å². The first-order valence-corrected chi connectivity index (χ1v) is 12.8. The van der Waals surface area contributed by atoms with Crippen molar-refractivity contribution in [1.29, 1.82) is 0 Å². The number of imidazole rings is 1. The number of carbonyl (C=O) groups is 1. The zero-order chi connectivity index (χ0) is 26.6. The van der Waals surface area contributed by atoms with Gasteiger partial charge in [0.15, 0.2) is 5.65 Å². The van der Waals surface area contributed by atoms with Crippen molar-refractivity contribution < 1.29 is 18.3 Å². The number of likely N-dealkylation sites (tertiary alicyclic amines) is 1. The number of rotatable bonds is 6. The molecule has 12 heteroatoms. The number of H-pyrrole nitrogens is 1. The van der Waals surface area contributed by atoms with Crippen LogP contribution in [0.3, 0.4) is 0 Å². The summed E-state index contributed by atoms with van der Waals surface area (Å²) in [5, 5.41) is 4.16. The van der Waals surface area contributed by atoms with Crippen LogP contribution < -0.4 is 10.1 Å². The first-order chi connectivity index (χ1) is 18.2. The zero-order valence-electron chi connectivity index (χ0n) is 21.6. The van der Waals surface area contributed by atoms with Gasteiger partial charge in [0.05, 0.1) is 24.6 Å². The summed E-state index contributed by atoms with van der Waals surface area (Å²) >= 11 is 0. The molecular formula is C26H30F2N8O2. The van der Waals surface area contributed by atoms with Crippen molar-refractivity contribution in [3.8, 4) is 17.0 Å². The fourth-order valence-electron chi connectivity index (χ4n) is 5.93. The summed E-state index contributed by atoms with van der Waals surface area (Å²) in [6.45, 7) is 4.60. The molecule has 5 heterocycles. The number of nitrogens with one attached hydrogen (secondary N) is 2. The van der Waals surface area contributed by atoms with Gasteiger partial charge in [-0.15, -0.1) is 0 Å². The molecule has 1 amide bonds. The van der Waals surface area contributed by atoms with Crippen molar-refractivity contribution in [1.82, 2.24) is 34.4 Å². The molecule has 10 nitrogen and oxygen atoms in total. The summed E-state index contributed by atoms with van der Waals surface area (Å²) in [4.78, 5) is 34.8. The number of ether oxygens (including phenoxy) is 1. The van der Waals surface area contributed by atoms with E-state index in [4.69, 9.17) is 9.72 Å². The largest absolute Gasteiger partial charge is 0.480 e. The Kier molecular flexibility index (Phi) is 5.92. The Morgan fingerprint density at radius 1 is 1.26 bits per heavy atom. The van der Waals surface area contributed by atoms with Gasteiger partial charge in [0.1, 0.15) is 11.5 Å². The molecule has 0 radical (unpaired) electrons. The van der Waals surface area contributed by atoms with Crippen molar-refractivity contribution in [2.24, 2.45) is 5.41 Å². The highest BCUT2D eigenvalue weighted by Gasteiger charge is 2.46. The van der Waals surface area contributed by atoms with Crippen LogP contribution in [0.5, 0.6) is 5.88 Å². The van der Waals surface area contributed by atoms with E-state index in [0.29, 0.717) is 39.9 Å². The molecule has 4 aromatic rings. The number of aryl methyl sites for hydroxylation is 1. The first kappa shape index (κ1) is 24.5. The topological polar surface area (TPSA) is 114 Å². The van der Waals surface area contributed by atoms with E-state index in [0.717, 1.165) is 49.9 Å². The van der Waals surface area contributed by atoms with Crippen LogP contribution in [-0.4, -0.2) is 73.0 Å². The van der Waals surface area contributed by atoms with E-state index < -0.39 is 13.0 Å². The van der Waals surface area contributed by atoms with Crippen LogP contribution in [0.25, 0.3) is 33.3 Å². The monoisotopic (exact) mass is 524 g/mol. The standard InChI is InChI=1S/C26H30F2N8O2/c1-14-31-22-19(36(14)11-20(27)28)8-16(9-29-22)18-10-30-23-21(18)24(38-3)34-25(33-23)32-17-4-6-26(7-5-17)12-35(13-26)15(2)37/h8-10,17,20H,4-7,11-13H2,1-3H3,(H2,30,32,33,34). The van der Waals surface area contributed by atoms with Gasteiger partial charge >= 0.3 is 0 Å². The van der Waals surface area contributed by atoms with Gasteiger partial charge in [-0.2, -0.15) is 9.97 Å². The van der Waals surface area contributed by atoms with Gasteiger partial charge in [0.2, 0.25) is 17.7 Å². The number of alkyl halides is 2. The van der Waals surface area contributed by atoms with E-state index in [-0.39, 0.29) is 17.4 Å². The Hall–Kier alpha value is -3.83. The molecule has 0 unspecified atom stereocenters. The summed E-state index contributed by atoms with van der Waals surface area (Å²) in [6, 6.07) is 2.05. The van der Waals surface area contributed by atoms with Crippen LogP contribution in [0.2, 0.25) is 0 Å². The number of hydrogen-bond acceptors (Lipinski definition) is 7. The number of halogens is 2. The van der Waals surface area contributed by atoms with Crippen molar-refractivity contribution in [2.45, 2.75) is 58.5 Å². The fraction of sp³-hybridized carbons (Fsp3) is 0.500. The summed E-state index contributed by atoms with van der Waals surface area (Å²) in [5.74, 6) is 1.54. The molecule has 1 saturated carbocycles. The fourth-order valence-corrected chi connectivity index (χ4v) is 5.93. The van der Waals surface area contributed by atoms with E-state index in [1.807, 2.05) is 11.0 Å². The number of nitrogens with zero attached hydrogens (tertiary/aromatic N) is 6. The average molecular weight is 525 g/mol. The van der Waals surface area contributed by atoms with Gasteiger partial charge in [-0.05, 0) is 38.7 Å². The van der Waals surface area contributed by atoms with Crippen molar-refractivity contribution in [2.75, 3.05) is 25.5 Å². The number of methoxy groups -OCH3 is 1. The van der Waals surface area contributed by atoms with E-state index in [1.165, 1.54) is 4.57 Å². The lowest BCUT2D eigenvalue weighted by molar-refractivity contribution is -0.143. The molecule has 0 bridgehead atoms. The predicted molar refractivity (Wildman–Crippen MR) is 138 cm³/mol. The summed E-state index contributed by atoms with van der Waals surface area (Å²) in [5.41, 5.74) is 3.32. The van der Waals surface area contributed by atoms with Gasteiger partial charge in [-0.1, -0.05) is 0 Å². The maximum Gasteiger partial charge on any atom is 0.256 e. The van der Waals surface area contributed by atoms with Crippen molar-refractivity contribution in [3.63, 3.8) is 0 Å². The molecule has 2 aliphatic rings. The van der Waals surface area contributed by atoms with Crippen LogP contribution in [0.1, 0.15) is 38.4 Å². The lowest BCUT2D eigenvalue weighted by atomic mass is 9.67. The Balaban J connectivity index is 1.25. The number of aromatic nitrogens is 6. The van der Waals surface area contributed by atoms with E-state index in [9.17, 15) is 13.6 Å². The van der Waals surface area contributed by atoms with Crippen LogP contribution >= 0.6 is 0 Å².